The zero-order chi connectivity index (χ0) is 48.6. The van der Waals surface area contributed by atoms with E-state index < -0.39 is 29.4 Å². The molecule has 16 heteroatoms. The van der Waals surface area contributed by atoms with Crippen molar-refractivity contribution >= 4 is 74.6 Å². The number of β-amino-alcohol motifs (C(OH)–C–C–N with tert-alkyl or cyclic N) is 1. The average molecular weight is 952 g/mol. The number of pyridine rings is 1. The molecule has 3 fully saturated rings. The number of aryl methyl sites for hydroxylation is 1. The number of para-hydroxylation sites is 1. The van der Waals surface area contributed by atoms with E-state index in [1.54, 1.807) is 65.5 Å². The molecule has 4 aliphatic rings. The third kappa shape index (κ3) is 9.89. The summed E-state index contributed by atoms with van der Waals surface area (Å²) >= 11 is 1.54. The van der Waals surface area contributed by atoms with E-state index in [0.717, 1.165) is 33.5 Å². The zero-order valence-electron chi connectivity index (χ0n) is 39.1. The lowest BCUT2D eigenvalue weighted by Gasteiger charge is -2.34. The quantitative estimate of drug-likeness (QED) is 0.0427. The Morgan fingerprint density at radius 1 is 0.884 bits per heavy atom. The minimum Gasteiger partial charge on any atom is -0.391 e. The summed E-state index contributed by atoms with van der Waals surface area (Å²) in [5.41, 5.74) is 6.66. The molecule has 2 saturated heterocycles. The van der Waals surface area contributed by atoms with Crippen LogP contribution in [0.1, 0.15) is 68.1 Å². The molecule has 69 heavy (non-hydrogen) atoms. The Hall–Kier alpha value is -6.46. The van der Waals surface area contributed by atoms with Crippen molar-refractivity contribution in [2.45, 2.75) is 72.1 Å². The molecule has 7 atom stereocenters. The number of rotatable bonds is 17. The first-order valence-corrected chi connectivity index (χ1v) is 24.5. The molecule has 1 saturated carbocycles. The van der Waals surface area contributed by atoms with Gasteiger partial charge in [0.25, 0.3) is 5.91 Å². The molecule has 15 nitrogen and oxygen atoms in total. The fraction of sp³-hybridized carbons (Fsp3) is 0.396. The van der Waals surface area contributed by atoms with E-state index in [1.165, 1.54) is 9.80 Å². The van der Waals surface area contributed by atoms with Crippen molar-refractivity contribution in [1.29, 1.82) is 0 Å². The van der Waals surface area contributed by atoms with E-state index in [9.17, 15) is 33.9 Å². The summed E-state index contributed by atoms with van der Waals surface area (Å²) in [6, 6.07) is 20.6. The van der Waals surface area contributed by atoms with Gasteiger partial charge in [0.15, 0.2) is 0 Å². The van der Waals surface area contributed by atoms with Gasteiger partial charge in [-0.05, 0) is 90.3 Å². The summed E-state index contributed by atoms with van der Waals surface area (Å²) in [4.78, 5) is 93.6. The number of nitrogens with zero attached hydrogens (tertiary/aromatic N) is 4. The summed E-state index contributed by atoms with van der Waals surface area (Å²) in [6.45, 7) is 9.16. The number of anilines is 3. The van der Waals surface area contributed by atoms with Crippen LogP contribution in [0, 0.1) is 41.9 Å². The number of hydrogen-bond acceptors (Lipinski definition) is 12. The first-order valence-electron chi connectivity index (χ1n) is 23.6. The van der Waals surface area contributed by atoms with Crippen molar-refractivity contribution in [3.8, 4) is 10.4 Å². The third-order valence-electron chi connectivity index (χ3n) is 14.0. The predicted molar refractivity (Wildman–Crippen MR) is 263 cm³/mol. The highest BCUT2D eigenvalue weighted by atomic mass is 32.1. The number of ether oxygens (including phenoxy) is 1. The van der Waals surface area contributed by atoms with Crippen molar-refractivity contribution in [3.63, 3.8) is 0 Å². The lowest BCUT2D eigenvalue weighted by Crippen LogP contribution is -2.48. The molecule has 4 heterocycles. The molecule has 2 aliphatic heterocycles. The number of fused-ring (bicyclic) bond motifs is 6. The maximum Gasteiger partial charge on any atom is 0.255 e. The van der Waals surface area contributed by atoms with Crippen molar-refractivity contribution < 1.29 is 38.6 Å². The first-order chi connectivity index (χ1) is 33.2. The number of likely N-dealkylation sites (tertiary alicyclic amines) is 1. The highest BCUT2D eigenvalue weighted by Crippen LogP contribution is 2.53. The van der Waals surface area contributed by atoms with Crippen molar-refractivity contribution in [2.75, 3.05) is 41.8 Å². The highest BCUT2D eigenvalue weighted by Gasteiger charge is 2.59. The predicted octanol–water partition coefficient (Wildman–Crippen LogP) is 6.95. The standard InChI is InChI=1S/C53H57N7O8S/c1-30-47(69-29-56-30)31-10-14-36(15-11-31)57-49(64)43-26-39(62)28-59(43)50(65)41(53(2,3)4)25-38(61)19-22-68-23-21-54-27-35-18-20-55-46-40(35)6-5-7-42(46)58-48(63)32-12-16-37(17-13-32)60-51(66)44-33-8-9-34(24-33)45(44)52(60)67/h5-18,20,29,33-34,39,41,43-45,54,62H,19,21-28H2,1-4H3,(H,57,64)(H,58,63)/t33-,34?,39-,41-,43+,44-,45+/m1/s1. The molecule has 4 N–H and O–H groups in total. The lowest BCUT2D eigenvalue weighted by atomic mass is 9.76. The number of aliphatic hydroxyl groups excluding tert-OH is 1. The van der Waals surface area contributed by atoms with E-state index in [4.69, 9.17) is 4.74 Å². The van der Waals surface area contributed by atoms with Gasteiger partial charge in [-0.15, -0.1) is 11.3 Å². The SMILES string of the molecule is Cc1ncsc1-c1ccc(NC(=O)[C@@H]2C[C@@H](O)CN2C(=O)[C@@H](CC(=O)CCOCCNCc2ccnc3c(NC(=O)c4ccc(N5C(=O)[C@@H]6[C@@H]7C=CC(C7)[C@@H]6C5=O)cc4)cccc23)C(C)(C)C)cc1. The number of aromatic nitrogens is 2. The molecule has 9 rings (SSSR count). The number of imide groups is 1. The van der Waals surface area contributed by atoms with Gasteiger partial charge < -0.3 is 30.7 Å². The van der Waals surface area contributed by atoms with Gasteiger partial charge in [-0.1, -0.05) is 57.2 Å². The Bertz CT molecular complexity index is 2790. The van der Waals surface area contributed by atoms with Gasteiger partial charge in [-0.3, -0.25) is 38.7 Å². The van der Waals surface area contributed by atoms with Crippen LogP contribution in [0.3, 0.4) is 0 Å². The third-order valence-corrected chi connectivity index (χ3v) is 15.0. The number of nitrogens with one attached hydrogen (secondary N) is 3. The number of aliphatic hydroxyl groups is 1. The van der Waals surface area contributed by atoms with Crippen LogP contribution in [0.5, 0.6) is 0 Å². The molecule has 2 aromatic heterocycles. The molecule has 3 aromatic carbocycles. The first kappa shape index (κ1) is 47.6. The second-order valence-electron chi connectivity index (χ2n) is 19.6. The Kier molecular flexibility index (Phi) is 13.7. The number of hydrogen-bond donors (Lipinski definition) is 4. The Morgan fingerprint density at radius 2 is 1.61 bits per heavy atom. The van der Waals surface area contributed by atoms with Gasteiger partial charge in [0.05, 0.1) is 64.1 Å². The van der Waals surface area contributed by atoms with Crippen LogP contribution >= 0.6 is 11.3 Å². The zero-order valence-corrected chi connectivity index (χ0v) is 40.0. The van der Waals surface area contributed by atoms with Gasteiger partial charge in [0.1, 0.15) is 11.8 Å². The Morgan fingerprint density at radius 3 is 2.29 bits per heavy atom. The largest absolute Gasteiger partial charge is 0.391 e. The Labute approximate surface area is 404 Å². The molecule has 2 bridgehead atoms. The number of Topliss-reactive ketones (excluding diaryl/α,β-unsaturated/α-hetero) is 1. The average Bonchev–Trinajstić information content (AvgIpc) is 4.18. The Balaban J connectivity index is 0.724. The van der Waals surface area contributed by atoms with Gasteiger partial charge in [-0.2, -0.15) is 0 Å². The van der Waals surface area contributed by atoms with Gasteiger partial charge >= 0.3 is 0 Å². The minimum absolute atomic E-state index is 0.00909. The number of carbonyl (C=O) groups is 6. The van der Waals surface area contributed by atoms with Gasteiger partial charge in [0.2, 0.25) is 23.6 Å². The summed E-state index contributed by atoms with van der Waals surface area (Å²) in [6.07, 6.45) is 6.02. The second-order valence-corrected chi connectivity index (χ2v) is 20.5. The van der Waals surface area contributed by atoms with Crippen LogP contribution < -0.4 is 20.9 Å². The molecule has 0 spiro atoms. The normalized spacial score (nSPS) is 22.1. The van der Waals surface area contributed by atoms with Crippen LogP contribution in [-0.4, -0.2) is 93.7 Å². The molecule has 5 aromatic rings. The second kappa shape index (κ2) is 19.9. The summed E-state index contributed by atoms with van der Waals surface area (Å²) in [7, 11) is 0. The van der Waals surface area contributed by atoms with E-state index in [2.05, 4.69) is 38.1 Å². The molecule has 2 aliphatic carbocycles. The molecular weight excluding hydrogens is 895 g/mol. The van der Waals surface area contributed by atoms with Gasteiger partial charge in [0, 0.05) is 67.6 Å². The van der Waals surface area contributed by atoms with Crippen molar-refractivity contribution in [3.05, 3.63) is 113 Å². The molecule has 1 unspecified atom stereocenters. The van der Waals surface area contributed by atoms with E-state index in [-0.39, 0.29) is 85.5 Å². The fourth-order valence-electron chi connectivity index (χ4n) is 10.4. The summed E-state index contributed by atoms with van der Waals surface area (Å²) < 4.78 is 5.82. The minimum atomic E-state index is -0.882. The van der Waals surface area contributed by atoms with Gasteiger partial charge in [-0.25, -0.2) is 4.98 Å². The molecule has 5 amide bonds. The van der Waals surface area contributed by atoms with Crippen LogP contribution in [-0.2, 0) is 35.3 Å². The number of carbonyl (C=O) groups excluding carboxylic acids is 6. The number of amides is 5. The van der Waals surface area contributed by atoms with Crippen LogP contribution in [0.2, 0.25) is 0 Å². The summed E-state index contributed by atoms with van der Waals surface area (Å²) in [5.74, 6) is -2.59. The van der Waals surface area contributed by atoms with Crippen molar-refractivity contribution in [2.24, 2.45) is 35.0 Å². The van der Waals surface area contributed by atoms with Crippen LogP contribution in [0.15, 0.2) is 96.7 Å². The molecule has 0 radical (unpaired) electrons. The van der Waals surface area contributed by atoms with Crippen LogP contribution in [0.25, 0.3) is 21.3 Å². The number of thiazole rings is 1. The number of ketones is 1. The number of allylic oxidation sites excluding steroid dienone is 2. The smallest absolute Gasteiger partial charge is 0.255 e. The monoisotopic (exact) mass is 951 g/mol. The van der Waals surface area contributed by atoms with E-state index in [1.807, 2.05) is 58.0 Å². The van der Waals surface area contributed by atoms with Crippen LogP contribution in [0.4, 0.5) is 17.1 Å². The summed E-state index contributed by atoms with van der Waals surface area (Å²) in [5, 5.41) is 20.8. The highest BCUT2D eigenvalue weighted by molar-refractivity contribution is 7.13. The maximum absolute atomic E-state index is 14.1. The molecule has 358 valence electrons. The lowest BCUT2D eigenvalue weighted by molar-refractivity contribution is -0.145. The van der Waals surface area contributed by atoms with Crippen molar-refractivity contribution in [1.82, 2.24) is 20.2 Å². The fourth-order valence-corrected chi connectivity index (χ4v) is 11.2. The number of benzene rings is 3. The van der Waals surface area contributed by atoms with E-state index in [0.29, 0.717) is 47.8 Å². The topological polar surface area (TPSA) is 200 Å². The molecular formula is C53H57N7O8S. The van der Waals surface area contributed by atoms with E-state index >= 15 is 0 Å². The maximum atomic E-state index is 14.1.